The molecule has 9 nitrogen and oxygen atoms in total. The van der Waals surface area contributed by atoms with Crippen molar-refractivity contribution in [2.24, 2.45) is 5.92 Å². The summed E-state index contributed by atoms with van der Waals surface area (Å²) in [7, 11) is 1.51. The number of thiophene rings is 1. The number of benzene rings is 3. The number of fused-ring (bicyclic) bond motifs is 1. The van der Waals surface area contributed by atoms with Crippen LogP contribution in [0.3, 0.4) is 0 Å². The lowest BCUT2D eigenvalue weighted by molar-refractivity contribution is -0.148. The van der Waals surface area contributed by atoms with Crippen molar-refractivity contribution in [2.75, 3.05) is 19.2 Å². The zero-order valence-electron chi connectivity index (χ0n) is 23.2. The Morgan fingerprint density at radius 1 is 0.977 bits per heavy atom. The van der Waals surface area contributed by atoms with Gasteiger partial charge in [-0.05, 0) is 66.6 Å². The molecule has 43 heavy (non-hydrogen) atoms. The Bertz CT molecular complexity index is 1710. The van der Waals surface area contributed by atoms with Crippen LogP contribution in [-0.4, -0.2) is 47.2 Å². The fourth-order valence-corrected chi connectivity index (χ4v) is 7.17. The number of urea groups is 1. The molecule has 2 amide bonds. The van der Waals surface area contributed by atoms with Crippen LogP contribution in [0.4, 0.5) is 10.5 Å². The molecule has 0 aliphatic carbocycles. The molecular weight excluding hydrogens is 592 g/mol. The average molecular weight is 619 g/mol. The first-order valence-electron chi connectivity index (χ1n) is 13.4. The fourth-order valence-electron chi connectivity index (χ4n) is 6.14. The van der Waals surface area contributed by atoms with Gasteiger partial charge in [-0.15, -0.1) is 11.3 Å². The van der Waals surface area contributed by atoms with Crippen molar-refractivity contribution in [1.82, 2.24) is 4.90 Å². The molecule has 4 aromatic rings. The number of carbonyl (C=O) groups is 3. The molecule has 2 aliphatic heterocycles. The van der Waals surface area contributed by atoms with E-state index < -0.39 is 35.4 Å². The Labute approximate surface area is 256 Å². The van der Waals surface area contributed by atoms with Gasteiger partial charge in [-0.2, -0.15) is 0 Å². The molecule has 0 bridgehead atoms. The van der Waals surface area contributed by atoms with Crippen LogP contribution < -0.4 is 19.5 Å². The molecule has 0 spiro atoms. The van der Waals surface area contributed by atoms with Gasteiger partial charge in [0.25, 0.3) is 0 Å². The molecule has 220 valence electrons. The lowest BCUT2D eigenvalue weighted by atomic mass is 9.72. The predicted octanol–water partition coefficient (Wildman–Crippen LogP) is 6.85. The van der Waals surface area contributed by atoms with E-state index in [0.717, 1.165) is 11.3 Å². The van der Waals surface area contributed by atoms with Gasteiger partial charge in [0.2, 0.25) is 6.79 Å². The third kappa shape index (κ3) is 4.96. The number of aliphatic carboxylic acids is 1. The monoisotopic (exact) mass is 618 g/mol. The minimum atomic E-state index is -1.90. The van der Waals surface area contributed by atoms with Crippen molar-refractivity contribution in [3.8, 4) is 17.2 Å². The number of para-hydroxylation sites is 1. The number of anilines is 1. The highest BCUT2D eigenvalue weighted by atomic mass is 35.5. The van der Waals surface area contributed by atoms with Gasteiger partial charge >= 0.3 is 12.0 Å². The number of ether oxygens (including phenoxy) is 3. The summed E-state index contributed by atoms with van der Waals surface area (Å²) in [6.45, 7) is 1.51. The Morgan fingerprint density at radius 2 is 1.74 bits per heavy atom. The van der Waals surface area contributed by atoms with Crippen LogP contribution in [0.1, 0.15) is 39.7 Å². The highest BCUT2D eigenvalue weighted by Gasteiger charge is 2.65. The van der Waals surface area contributed by atoms with Crippen LogP contribution in [-0.2, 0) is 4.79 Å². The van der Waals surface area contributed by atoms with E-state index in [4.69, 9.17) is 25.8 Å². The lowest BCUT2D eigenvalue weighted by Gasteiger charge is -2.37. The smallest absolute Gasteiger partial charge is 0.330 e. The van der Waals surface area contributed by atoms with Crippen LogP contribution in [0.5, 0.6) is 17.2 Å². The number of carboxylic acids is 1. The molecule has 1 saturated heterocycles. The number of Topliss-reactive ketones (excluding diaryl/α,β-unsaturated/α-hetero) is 1. The van der Waals surface area contributed by atoms with Crippen LogP contribution in [0.15, 0.2) is 84.9 Å². The normalized spacial score (nSPS) is 22.3. The van der Waals surface area contributed by atoms with E-state index in [1.165, 1.54) is 18.9 Å². The van der Waals surface area contributed by atoms with Gasteiger partial charge < -0.3 is 24.6 Å². The molecule has 4 atom stereocenters. The molecule has 1 aromatic heterocycles. The Kier molecular flexibility index (Phi) is 7.49. The van der Waals surface area contributed by atoms with Gasteiger partial charge in [0.1, 0.15) is 11.3 Å². The van der Waals surface area contributed by atoms with Gasteiger partial charge in [-0.25, -0.2) is 9.59 Å². The molecule has 2 N–H and O–H groups in total. The quantitative estimate of drug-likeness (QED) is 0.218. The van der Waals surface area contributed by atoms with Crippen molar-refractivity contribution in [3.63, 3.8) is 0 Å². The standard InChI is InChI=1S/C32H27ClN2O7S/c1-32(30(37)38)27(18-7-6-10-21(15-18)40-2)26(29(36)24-13-14-25(33)43-24)28(19-11-12-22-23(16-19)42-17-41-22)35(32)31(39)34-20-8-4-3-5-9-20/h3-16,26-28H,17H2,1-2H3,(H,34,39)(H,37,38). The van der Waals surface area contributed by atoms with Crippen LogP contribution >= 0.6 is 22.9 Å². The summed E-state index contributed by atoms with van der Waals surface area (Å²) in [6.07, 6.45) is 0. The first kappa shape index (κ1) is 28.6. The third-order valence-corrected chi connectivity index (χ3v) is 9.32. The van der Waals surface area contributed by atoms with Crippen LogP contribution in [0.25, 0.3) is 0 Å². The Balaban J connectivity index is 1.61. The summed E-state index contributed by atoms with van der Waals surface area (Å²) in [4.78, 5) is 44.0. The van der Waals surface area contributed by atoms with Crippen LogP contribution in [0, 0.1) is 5.92 Å². The van der Waals surface area contributed by atoms with E-state index >= 15 is 0 Å². The second-order valence-corrected chi connectivity index (χ2v) is 12.1. The Hall–Kier alpha value is -4.54. The van der Waals surface area contributed by atoms with Gasteiger partial charge in [0.15, 0.2) is 17.3 Å². The topological polar surface area (TPSA) is 114 Å². The first-order chi connectivity index (χ1) is 20.7. The lowest BCUT2D eigenvalue weighted by Crippen LogP contribution is -2.55. The number of likely N-dealkylation sites (tertiary alicyclic amines) is 1. The zero-order valence-corrected chi connectivity index (χ0v) is 24.7. The number of carbonyl (C=O) groups excluding carboxylic acids is 2. The van der Waals surface area contributed by atoms with Crippen molar-refractivity contribution in [1.29, 1.82) is 0 Å². The molecule has 3 aromatic carbocycles. The highest BCUT2D eigenvalue weighted by Crippen LogP contribution is 2.58. The van der Waals surface area contributed by atoms with Gasteiger partial charge in [-0.1, -0.05) is 48.0 Å². The maximum absolute atomic E-state index is 14.6. The number of nitrogens with one attached hydrogen (secondary N) is 1. The molecule has 1 fully saturated rings. The molecule has 4 unspecified atom stereocenters. The molecule has 3 heterocycles. The minimum absolute atomic E-state index is 0.0248. The number of rotatable bonds is 7. The Morgan fingerprint density at radius 3 is 2.44 bits per heavy atom. The summed E-state index contributed by atoms with van der Waals surface area (Å²) in [6, 6.07) is 22.4. The van der Waals surface area contributed by atoms with Crippen molar-refractivity contribution in [2.45, 2.75) is 24.4 Å². The van der Waals surface area contributed by atoms with Gasteiger partial charge in [-0.3, -0.25) is 9.69 Å². The average Bonchev–Trinajstić information content (AvgIpc) is 3.73. The molecule has 11 heteroatoms. The highest BCUT2D eigenvalue weighted by molar-refractivity contribution is 7.18. The maximum Gasteiger partial charge on any atom is 0.330 e. The van der Waals surface area contributed by atoms with E-state index in [1.807, 2.05) is 6.07 Å². The number of hydrogen-bond donors (Lipinski definition) is 2. The van der Waals surface area contributed by atoms with E-state index in [0.29, 0.717) is 43.3 Å². The number of nitrogens with zero attached hydrogens (tertiary/aromatic N) is 1. The second-order valence-electron chi connectivity index (χ2n) is 10.4. The molecule has 2 aliphatic rings. The largest absolute Gasteiger partial charge is 0.497 e. The SMILES string of the molecule is COc1cccc(C2C(C(=O)c3ccc(Cl)s3)C(c3ccc4c(c3)OCO4)N(C(=O)Nc3ccccc3)C2(C)C(=O)O)c1. The predicted molar refractivity (Wildman–Crippen MR) is 162 cm³/mol. The third-order valence-electron chi connectivity index (χ3n) is 8.07. The zero-order chi connectivity index (χ0) is 30.3. The number of methoxy groups -OCH3 is 1. The maximum atomic E-state index is 14.6. The van der Waals surface area contributed by atoms with Crippen LogP contribution in [0.2, 0.25) is 4.34 Å². The number of carboxylic acid groups (broad SMARTS) is 1. The van der Waals surface area contributed by atoms with E-state index in [1.54, 1.807) is 78.9 Å². The number of hydrogen-bond acceptors (Lipinski definition) is 7. The second kappa shape index (κ2) is 11.3. The fraction of sp³-hybridized carbons (Fsp3) is 0.219. The van der Waals surface area contributed by atoms with Crippen molar-refractivity contribution in [3.05, 3.63) is 105 Å². The molecular formula is C32H27ClN2O7S. The first-order valence-corrected chi connectivity index (χ1v) is 14.6. The van der Waals surface area contributed by atoms with E-state index in [-0.39, 0.29) is 12.6 Å². The molecule has 0 saturated carbocycles. The van der Waals surface area contributed by atoms with Crippen molar-refractivity contribution < 1.29 is 33.7 Å². The van der Waals surface area contributed by atoms with E-state index in [9.17, 15) is 19.5 Å². The summed E-state index contributed by atoms with van der Waals surface area (Å²) >= 11 is 7.35. The van der Waals surface area contributed by atoms with Crippen molar-refractivity contribution >= 4 is 46.4 Å². The minimum Gasteiger partial charge on any atom is -0.497 e. The number of amides is 2. The summed E-state index contributed by atoms with van der Waals surface area (Å²) in [5, 5.41) is 13.8. The van der Waals surface area contributed by atoms with Gasteiger partial charge in [0.05, 0.1) is 28.3 Å². The number of halogens is 1. The van der Waals surface area contributed by atoms with Gasteiger partial charge in [0, 0.05) is 11.6 Å². The molecule has 6 rings (SSSR count). The molecule has 0 radical (unpaired) electrons. The summed E-state index contributed by atoms with van der Waals surface area (Å²) in [5.41, 5.74) is -0.368. The summed E-state index contributed by atoms with van der Waals surface area (Å²) < 4.78 is 17.0. The number of ketones is 1. The van der Waals surface area contributed by atoms with E-state index in [2.05, 4.69) is 5.32 Å². The summed E-state index contributed by atoms with van der Waals surface area (Å²) in [5.74, 6) is -2.20.